The molecule has 0 radical (unpaired) electrons. The molecular formula is C30H35F6NO4. The van der Waals surface area contributed by atoms with Crippen molar-refractivity contribution in [2.24, 2.45) is 11.8 Å². The van der Waals surface area contributed by atoms with Crippen LogP contribution in [-0.2, 0) is 37.8 Å². The number of carbonyl (C=O) groups is 1. The third-order valence-corrected chi connectivity index (χ3v) is 7.78. The molecule has 2 aliphatic rings. The van der Waals surface area contributed by atoms with Gasteiger partial charge in [-0.15, -0.1) is 0 Å². The predicted molar refractivity (Wildman–Crippen MR) is 139 cm³/mol. The van der Waals surface area contributed by atoms with Gasteiger partial charge in [0.15, 0.2) is 6.29 Å². The average molecular weight is 588 g/mol. The Morgan fingerprint density at radius 1 is 0.951 bits per heavy atom. The molecule has 0 aliphatic carbocycles. The van der Waals surface area contributed by atoms with E-state index in [4.69, 9.17) is 14.2 Å². The van der Waals surface area contributed by atoms with Crippen molar-refractivity contribution >= 4 is 5.97 Å². The summed E-state index contributed by atoms with van der Waals surface area (Å²) in [4.78, 5) is 14.4. The standard InChI is InChI=1S/C30H35F6NO4/c1-2-39-27(38)22-8-12-37(13-9-22)19-23-11-15-41-28(26(23)21-6-4-3-5-7-21)40-14-10-20-16-24(29(31,32)33)18-25(17-20)30(34,35)36/h3-7,16-18,22-23,26,28H,2,8-15,19H2,1H3/t23-,26-,28-/m0/s1. The van der Waals surface area contributed by atoms with Crippen LogP contribution in [0.4, 0.5) is 26.3 Å². The lowest BCUT2D eigenvalue weighted by atomic mass is 9.81. The van der Waals surface area contributed by atoms with E-state index in [-0.39, 0.29) is 48.4 Å². The summed E-state index contributed by atoms with van der Waals surface area (Å²) in [7, 11) is 0. The minimum absolute atomic E-state index is 0.101. The highest BCUT2D eigenvalue weighted by atomic mass is 19.4. The zero-order valence-corrected chi connectivity index (χ0v) is 22.8. The lowest BCUT2D eigenvalue weighted by Crippen LogP contribution is -2.45. The van der Waals surface area contributed by atoms with Gasteiger partial charge in [-0.05, 0) is 80.9 Å². The van der Waals surface area contributed by atoms with Crippen molar-refractivity contribution in [2.45, 2.75) is 57.2 Å². The second kappa shape index (κ2) is 13.6. The molecule has 0 bridgehead atoms. The van der Waals surface area contributed by atoms with Crippen LogP contribution in [0.1, 0.15) is 54.4 Å². The fourth-order valence-corrected chi connectivity index (χ4v) is 5.70. The molecule has 2 saturated heterocycles. The number of hydrogen-bond acceptors (Lipinski definition) is 5. The van der Waals surface area contributed by atoms with Gasteiger partial charge in [-0.25, -0.2) is 0 Å². The quantitative estimate of drug-likeness (QED) is 0.241. The maximum atomic E-state index is 13.3. The van der Waals surface area contributed by atoms with Crippen molar-refractivity contribution in [3.8, 4) is 0 Å². The van der Waals surface area contributed by atoms with Gasteiger partial charge < -0.3 is 19.1 Å². The summed E-state index contributed by atoms with van der Waals surface area (Å²) in [6.07, 6.45) is -8.45. The van der Waals surface area contributed by atoms with E-state index in [9.17, 15) is 31.1 Å². The Morgan fingerprint density at radius 2 is 1.59 bits per heavy atom. The molecule has 2 heterocycles. The molecule has 0 saturated carbocycles. The molecule has 3 atom stereocenters. The Hall–Kier alpha value is -2.63. The van der Waals surface area contributed by atoms with Gasteiger partial charge in [0.2, 0.25) is 0 Å². The number of nitrogens with zero attached hydrogens (tertiary/aromatic N) is 1. The van der Waals surface area contributed by atoms with Crippen molar-refractivity contribution < 1.29 is 45.3 Å². The summed E-state index contributed by atoms with van der Waals surface area (Å²) in [6.45, 7) is 4.72. The third kappa shape index (κ3) is 8.45. The number of benzene rings is 2. The highest BCUT2D eigenvalue weighted by Crippen LogP contribution is 2.39. The number of hydrogen-bond donors (Lipinski definition) is 0. The average Bonchev–Trinajstić information content (AvgIpc) is 2.93. The van der Waals surface area contributed by atoms with Gasteiger partial charge in [0.1, 0.15) is 0 Å². The normalized spacial score (nSPS) is 23.0. The Labute approximate surface area is 235 Å². The van der Waals surface area contributed by atoms with Crippen LogP contribution in [0.25, 0.3) is 0 Å². The second-order valence-electron chi connectivity index (χ2n) is 10.6. The number of esters is 1. The van der Waals surface area contributed by atoms with E-state index in [0.717, 1.165) is 56.6 Å². The van der Waals surface area contributed by atoms with Gasteiger partial charge in [0, 0.05) is 12.5 Å². The van der Waals surface area contributed by atoms with Gasteiger partial charge in [-0.2, -0.15) is 26.3 Å². The molecule has 41 heavy (non-hydrogen) atoms. The fourth-order valence-electron chi connectivity index (χ4n) is 5.70. The van der Waals surface area contributed by atoms with Crippen molar-refractivity contribution in [3.05, 3.63) is 70.8 Å². The molecule has 0 spiro atoms. The van der Waals surface area contributed by atoms with E-state index in [1.165, 1.54) is 0 Å². The smallest absolute Gasteiger partial charge is 0.416 e. The van der Waals surface area contributed by atoms with Crippen molar-refractivity contribution in [1.82, 2.24) is 4.90 Å². The first kappa shape index (κ1) is 31.3. The van der Waals surface area contributed by atoms with E-state index >= 15 is 0 Å². The molecule has 226 valence electrons. The van der Waals surface area contributed by atoms with Gasteiger partial charge in [0.05, 0.1) is 36.9 Å². The van der Waals surface area contributed by atoms with Gasteiger partial charge in [0.25, 0.3) is 0 Å². The molecule has 5 nitrogen and oxygen atoms in total. The summed E-state index contributed by atoms with van der Waals surface area (Å²) in [5.74, 6) is -0.298. The lowest BCUT2D eigenvalue weighted by Gasteiger charge is -2.41. The molecule has 4 rings (SSSR count). The van der Waals surface area contributed by atoms with E-state index in [2.05, 4.69) is 4.90 Å². The molecule has 11 heteroatoms. The largest absolute Gasteiger partial charge is 0.466 e. The monoisotopic (exact) mass is 587 g/mol. The molecule has 0 unspecified atom stereocenters. The fraction of sp³-hybridized carbons (Fsp3) is 0.567. The molecule has 2 fully saturated rings. The van der Waals surface area contributed by atoms with Crippen LogP contribution in [-0.4, -0.2) is 56.6 Å². The van der Waals surface area contributed by atoms with Crippen LogP contribution in [0, 0.1) is 11.8 Å². The van der Waals surface area contributed by atoms with Crippen LogP contribution in [0.3, 0.4) is 0 Å². The van der Waals surface area contributed by atoms with Crippen molar-refractivity contribution in [3.63, 3.8) is 0 Å². The molecule has 0 amide bonds. The van der Waals surface area contributed by atoms with E-state index in [1.54, 1.807) is 6.92 Å². The second-order valence-corrected chi connectivity index (χ2v) is 10.6. The first-order chi connectivity index (χ1) is 19.5. The zero-order valence-electron chi connectivity index (χ0n) is 22.8. The number of rotatable bonds is 9. The predicted octanol–water partition coefficient (Wildman–Crippen LogP) is 6.70. The van der Waals surface area contributed by atoms with Crippen LogP contribution in [0.15, 0.2) is 48.5 Å². The molecular weight excluding hydrogens is 552 g/mol. The maximum Gasteiger partial charge on any atom is 0.416 e. The number of piperidine rings is 1. The van der Waals surface area contributed by atoms with Gasteiger partial charge >= 0.3 is 18.3 Å². The number of likely N-dealkylation sites (tertiary alicyclic amines) is 1. The number of alkyl halides is 6. The first-order valence-corrected chi connectivity index (χ1v) is 13.9. The summed E-state index contributed by atoms with van der Waals surface area (Å²) < 4.78 is 96.8. The van der Waals surface area contributed by atoms with Crippen LogP contribution < -0.4 is 0 Å². The topological polar surface area (TPSA) is 48.0 Å². The van der Waals surface area contributed by atoms with Crippen molar-refractivity contribution in [1.29, 1.82) is 0 Å². The van der Waals surface area contributed by atoms with E-state index < -0.39 is 29.8 Å². The highest BCUT2D eigenvalue weighted by molar-refractivity contribution is 5.72. The minimum Gasteiger partial charge on any atom is -0.466 e. The summed E-state index contributed by atoms with van der Waals surface area (Å²) in [5.41, 5.74) is -1.81. The van der Waals surface area contributed by atoms with Crippen LogP contribution in [0.5, 0.6) is 0 Å². The summed E-state index contributed by atoms with van der Waals surface area (Å²) in [6, 6.07) is 11.2. The number of ether oxygens (including phenoxy) is 3. The van der Waals surface area contributed by atoms with Crippen molar-refractivity contribution in [2.75, 3.05) is 39.5 Å². The number of carbonyl (C=O) groups excluding carboxylic acids is 1. The molecule has 2 aliphatic heterocycles. The third-order valence-electron chi connectivity index (χ3n) is 7.78. The Kier molecular flexibility index (Phi) is 10.4. The van der Waals surface area contributed by atoms with E-state index in [0.29, 0.717) is 13.2 Å². The van der Waals surface area contributed by atoms with Crippen LogP contribution >= 0.6 is 0 Å². The Balaban J connectivity index is 1.44. The molecule has 0 aromatic heterocycles. The Bertz CT molecular complexity index is 1100. The minimum atomic E-state index is -4.90. The Morgan fingerprint density at radius 3 is 2.17 bits per heavy atom. The zero-order chi connectivity index (χ0) is 29.6. The number of halogens is 6. The van der Waals surface area contributed by atoms with Gasteiger partial charge in [-0.3, -0.25) is 4.79 Å². The first-order valence-electron chi connectivity index (χ1n) is 13.9. The van der Waals surface area contributed by atoms with E-state index in [1.807, 2.05) is 30.3 Å². The SMILES string of the molecule is CCOC(=O)C1CCN(C[C@@H]2CCO[C@H](OCCc3cc(C(F)(F)F)cc(C(F)(F)F)c3)[C@H]2c2ccccc2)CC1. The molecule has 2 aromatic carbocycles. The van der Waals surface area contributed by atoms with Crippen LogP contribution in [0.2, 0.25) is 0 Å². The lowest BCUT2D eigenvalue weighted by molar-refractivity contribution is -0.189. The molecule has 0 N–H and O–H groups in total. The van der Waals surface area contributed by atoms with Gasteiger partial charge in [-0.1, -0.05) is 30.3 Å². The summed E-state index contributed by atoms with van der Waals surface area (Å²) >= 11 is 0. The summed E-state index contributed by atoms with van der Waals surface area (Å²) in [5, 5.41) is 0. The maximum absolute atomic E-state index is 13.3. The highest BCUT2D eigenvalue weighted by Gasteiger charge is 2.39. The molecule has 2 aromatic rings.